The van der Waals surface area contributed by atoms with Gasteiger partial charge in [-0.3, -0.25) is 4.79 Å². The van der Waals surface area contributed by atoms with Crippen molar-refractivity contribution >= 4 is 23.6 Å². The van der Waals surface area contributed by atoms with Crippen molar-refractivity contribution in [1.82, 2.24) is 0 Å². The average molecular weight is 290 g/mol. The molecule has 0 saturated heterocycles. The first-order valence-electron chi connectivity index (χ1n) is 6.84. The molecule has 5 heteroatoms. The predicted molar refractivity (Wildman–Crippen MR) is 84.1 cm³/mol. The summed E-state index contributed by atoms with van der Waals surface area (Å²) in [5, 5.41) is 8.79. The first-order chi connectivity index (χ1) is 9.79. The van der Waals surface area contributed by atoms with Crippen molar-refractivity contribution < 1.29 is 14.7 Å². The summed E-state index contributed by atoms with van der Waals surface area (Å²) in [6.45, 7) is 6.81. The Morgan fingerprint density at radius 2 is 2.05 bits per heavy atom. The van der Waals surface area contributed by atoms with E-state index in [1.165, 1.54) is 0 Å². The molecule has 1 aromatic rings. The molecule has 0 unspecified atom stereocenters. The smallest absolute Gasteiger partial charge is 0.328 e. The van der Waals surface area contributed by atoms with Crippen LogP contribution in [0.1, 0.15) is 25.0 Å². The Morgan fingerprint density at radius 3 is 2.57 bits per heavy atom. The van der Waals surface area contributed by atoms with Crippen LogP contribution in [0.2, 0.25) is 0 Å². The summed E-state index contributed by atoms with van der Waals surface area (Å²) in [6.07, 6.45) is 2.63. The molecule has 0 fully saturated rings. The molecule has 0 aromatic heterocycles. The summed E-state index contributed by atoms with van der Waals surface area (Å²) >= 11 is 0. The molecule has 0 heterocycles. The average Bonchev–Trinajstić information content (AvgIpc) is 2.34. The van der Waals surface area contributed by atoms with E-state index in [1.54, 1.807) is 6.08 Å². The third-order valence-electron chi connectivity index (χ3n) is 2.86. The molecule has 1 rings (SSSR count). The number of primary amides is 1. The lowest BCUT2D eigenvalue weighted by molar-refractivity contribution is -0.131. The van der Waals surface area contributed by atoms with Gasteiger partial charge in [-0.1, -0.05) is 25.5 Å². The molecule has 0 aliphatic carbocycles. The number of nitrogens with zero attached hydrogens (tertiary/aromatic N) is 1. The highest BCUT2D eigenvalue weighted by atomic mass is 16.4. The predicted octanol–water partition coefficient (Wildman–Crippen LogP) is 2.04. The zero-order valence-corrected chi connectivity index (χ0v) is 12.7. The molecule has 1 aromatic carbocycles. The Morgan fingerprint density at radius 1 is 1.38 bits per heavy atom. The van der Waals surface area contributed by atoms with Crippen LogP contribution in [0.3, 0.4) is 0 Å². The van der Waals surface area contributed by atoms with E-state index in [-0.39, 0.29) is 6.54 Å². The number of hydrogen-bond acceptors (Lipinski definition) is 3. The molecule has 0 aliphatic rings. The molecule has 3 N–H and O–H groups in total. The minimum atomic E-state index is -1.01. The molecule has 5 nitrogen and oxygen atoms in total. The van der Waals surface area contributed by atoms with Crippen molar-refractivity contribution in [2.45, 2.75) is 20.8 Å². The molecule has 0 bridgehead atoms. The molecular formula is C16H22N2O3. The van der Waals surface area contributed by atoms with Crippen molar-refractivity contribution in [3.63, 3.8) is 0 Å². The summed E-state index contributed by atoms with van der Waals surface area (Å²) in [5.41, 5.74) is 7.91. The number of nitrogens with two attached hydrogens (primary N) is 1. The Hall–Kier alpha value is -2.30. The van der Waals surface area contributed by atoms with Gasteiger partial charge in [-0.05, 0) is 36.6 Å². The summed E-state index contributed by atoms with van der Waals surface area (Å²) in [5.74, 6) is -1.07. The third-order valence-corrected chi connectivity index (χ3v) is 2.86. The van der Waals surface area contributed by atoms with Gasteiger partial charge >= 0.3 is 5.97 Å². The number of amides is 1. The number of carbonyl (C=O) groups excluding carboxylic acids is 1. The molecule has 0 spiro atoms. The Balaban J connectivity index is 3.22. The molecule has 0 radical (unpaired) electrons. The number of rotatable bonds is 7. The minimum Gasteiger partial charge on any atom is -0.478 e. The number of aryl methyl sites for hydroxylation is 1. The second-order valence-electron chi connectivity index (χ2n) is 5.47. The zero-order valence-electron chi connectivity index (χ0n) is 12.7. The fourth-order valence-electron chi connectivity index (χ4n) is 2.13. The van der Waals surface area contributed by atoms with Crippen LogP contribution in [0.25, 0.3) is 6.08 Å². The lowest BCUT2D eigenvalue weighted by atomic mass is 10.1. The summed E-state index contributed by atoms with van der Waals surface area (Å²) < 4.78 is 0. The van der Waals surface area contributed by atoms with Gasteiger partial charge in [0.25, 0.3) is 0 Å². The quantitative estimate of drug-likeness (QED) is 0.753. The van der Waals surface area contributed by atoms with Crippen LogP contribution in [-0.4, -0.2) is 30.1 Å². The standard InChI is InChI=1S/C16H22N2O3/c1-11(2)9-18(10-15(17)19)14-6-4-12(3)8-13(14)5-7-16(20)21/h4-8,11H,9-10H2,1-3H3,(H2,17,19)(H,20,21)/b7-5+. The normalized spacial score (nSPS) is 11.0. The van der Waals surface area contributed by atoms with Crippen LogP contribution < -0.4 is 10.6 Å². The fourth-order valence-corrected chi connectivity index (χ4v) is 2.13. The van der Waals surface area contributed by atoms with E-state index in [1.807, 2.05) is 30.0 Å². The van der Waals surface area contributed by atoms with E-state index in [2.05, 4.69) is 13.8 Å². The van der Waals surface area contributed by atoms with Crippen molar-refractivity contribution in [3.05, 3.63) is 35.4 Å². The zero-order chi connectivity index (χ0) is 16.0. The SMILES string of the molecule is Cc1ccc(N(CC(N)=O)CC(C)C)c(/C=C/C(=O)O)c1. The van der Waals surface area contributed by atoms with Crippen LogP contribution in [0.4, 0.5) is 5.69 Å². The van der Waals surface area contributed by atoms with Crippen molar-refractivity contribution in [2.24, 2.45) is 11.7 Å². The van der Waals surface area contributed by atoms with Gasteiger partial charge in [0.2, 0.25) is 5.91 Å². The second kappa shape index (κ2) is 7.47. The monoisotopic (exact) mass is 290 g/mol. The van der Waals surface area contributed by atoms with Crippen LogP contribution >= 0.6 is 0 Å². The Bertz CT molecular complexity index is 550. The van der Waals surface area contributed by atoms with Gasteiger partial charge < -0.3 is 15.7 Å². The second-order valence-corrected chi connectivity index (χ2v) is 5.47. The van der Waals surface area contributed by atoms with Crippen molar-refractivity contribution in [2.75, 3.05) is 18.0 Å². The summed E-state index contributed by atoms with van der Waals surface area (Å²) in [6, 6.07) is 5.72. The lowest BCUT2D eigenvalue weighted by Gasteiger charge is -2.27. The van der Waals surface area contributed by atoms with E-state index in [0.29, 0.717) is 12.5 Å². The van der Waals surface area contributed by atoms with Gasteiger partial charge in [0.05, 0.1) is 6.54 Å². The lowest BCUT2D eigenvalue weighted by Crippen LogP contribution is -2.36. The number of carboxylic acids is 1. The molecule has 0 atom stereocenters. The molecular weight excluding hydrogens is 268 g/mol. The summed E-state index contributed by atoms with van der Waals surface area (Å²) in [7, 11) is 0. The van der Waals surface area contributed by atoms with Crippen molar-refractivity contribution in [3.8, 4) is 0 Å². The number of anilines is 1. The van der Waals surface area contributed by atoms with E-state index in [0.717, 1.165) is 22.9 Å². The van der Waals surface area contributed by atoms with E-state index < -0.39 is 11.9 Å². The van der Waals surface area contributed by atoms with Crippen LogP contribution in [0.5, 0.6) is 0 Å². The molecule has 21 heavy (non-hydrogen) atoms. The largest absolute Gasteiger partial charge is 0.478 e. The van der Waals surface area contributed by atoms with Crippen LogP contribution in [0.15, 0.2) is 24.3 Å². The van der Waals surface area contributed by atoms with Gasteiger partial charge in [0.1, 0.15) is 0 Å². The van der Waals surface area contributed by atoms with E-state index >= 15 is 0 Å². The van der Waals surface area contributed by atoms with Gasteiger partial charge in [0, 0.05) is 18.3 Å². The number of carboxylic acid groups (broad SMARTS) is 1. The highest BCUT2D eigenvalue weighted by molar-refractivity contribution is 5.88. The number of carbonyl (C=O) groups is 2. The number of hydrogen-bond donors (Lipinski definition) is 2. The van der Waals surface area contributed by atoms with Gasteiger partial charge in [-0.15, -0.1) is 0 Å². The fraction of sp³-hybridized carbons (Fsp3) is 0.375. The van der Waals surface area contributed by atoms with Crippen molar-refractivity contribution in [1.29, 1.82) is 0 Å². The summed E-state index contributed by atoms with van der Waals surface area (Å²) in [4.78, 5) is 23.9. The van der Waals surface area contributed by atoms with Gasteiger partial charge in [0.15, 0.2) is 0 Å². The van der Waals surface area contributed by atoms with Gasteiger partial charge in [-0.25, -0.2) is 4.79 Å². The maximum Gasteiger partial charge on any atom is 0.328 e. The van der Waals surface area contributed by atoms with E-state index in [9.17, 15) is 9.59 Å². The number of benzene rings is 1. The molecule has 0 saturated carbocycles. The highest BCUT2D eigenvalue weighted by Gasteiger charge is 2.14. The van der Waals surface area contributed by atoms with E-state index in [4.69, 9.17) is 10.8 Å². The molecule has 0 aliphatic heterocycles. The highest BCUT2D eigenvalue weighted by Crippen LogP contribution is 2.24. The Labute approximate surface area is 125 Å². The third kappa shape index (κ3) is 5.69. The topological polar surface area (TPSA) is 83.6 Å². The maximum absolute atomic E-state index is 11.3. The van der Waals surface area contributed by atoms with Crippen LogP contribution in [0, 0.1) is 12.8 Å². The molecule has 114 valence electrons. The number of aliphatic carboxylic acids is 1. The minimum absolute atomic E-state index is 0.106. The first-order valence-corrected chi connectivity index (χ1v) is 6.84. The first kappa shape index (κ1) is 16.8. The molecule has 1 amide bonds. The Kier molecular flexibility index (Phi) is 5.96. The maximum atomic E-state index is 11.3. The van der Waals surface area contributed by atoms with Gasteiger partial charge in [-0.2, -0.15) is 0 Å². The van der Waals surface area contributed by atoms with Crippen LogP contribution in [-0.2, 0) is 9.59 Å².